The van der Waals surface area contributed by atoms with Gasteiger partial charge < -0.3 is 10.8 Å². The van der Waals surface area contributed by atoms with Crippen LogP contribution in [0.4, 0.5) is 0 Å². The van der Waals surface area contributed by atoms with E-state index in [1.165, 1.54) is 31.2 Å². The summed E-state index contributed by atoms with van der Waals surface area (Å²) in [6, 6.07) is 8.20. The number of carboxylic acid groups (broad SMARTS) is 1. The number of hydrogen-bond acceptors (Lipinski definition) is 2. The highest BCUT2D eigenvalue weighted by atomic mass is 16.4. The van der Waals surface area contributed by atoms with Gasteiger partial charge in [-0.25, -0.2) is 0 Å². The van der Waals surface area contributed by atoms with Gasteiger partial charge in [0.25, 0.3) is 0 Å². The third-order valence-electron chi connectivity index (χ3n) is 4.75. The van der Waals surface area contributed by atoms with E-state index in [2.05, 4.69) is 30.9 Å². The van der Waals surface area contributed by atoms with Crippen LogP contribution in [0.25, 0.3) is 0 Å². The Hall–Kier alpha value is -1.79. The first-order valence-corrected chi connectivity index (χ1v) is 8.66. The molecule has 0 radical (unpaired) electrons. The molecule has 1 aliphatic carbocycles. The molecule has 1 aromatic rings. The number of unbranched alkanes of at least 4 members (excludes halogenated alkanes) is 4. The van der Waals surface area contributed by atoms with Crippen LogP contribution in [-0.4, -0.2) is 16.6 Å². The maximum atomic E-state index is 11.2. The molecule has 1 saturated carbocycles. The standard InChI is InChI=1S/C20H27NO2/c1-2-3-4-5-6-7-8-16-9-11-17(12-10-16)18-13-14-20(21,15-18)19(22)23/h9-12,18H,2-6,13-15,21H2,1H3,(H,22,23)/t18-,20?/m0/s1. The summed E-state index contributed by atoms with van der Waals surface area (Å²) in [4.78, 5) is 11.2. The summed E-state index contributed by atoms with van der Waals surface area (Å²) in [7, 11) is 0. The minimum Gasteiger partial charge on any atom is -0.480 e. The summed E-state index contributed by atoms with van der Waals surface area (Å²) < 4.78 is 0. The lowest BCUT2D eigenvalue weighted by Crippen LogP contribution is -2.45. The lowest BCUT2D eigenvalue weighted by molar-refractivity contribution is -0.143. The monoisotopic (exact) mass is 313 g/mol. The first kappa shape index (κ1) is 17.6. The van der Waals surface area contributed by atoms with Crippen molar-refractivity contribution in [1.29, 1.82) is 0 Å². The Labute approximate surface area is 139 Å². The van der Waals surface area contributed by atoms with Gasteiger partial charge in [-0.05, 0) is 49.3 Å². The van der Waals surface area contributed by atoms with Crippen molar-refractivity contribution in [1.82, 2.24) is 0 Å². The van der Waals surface area contributed by atoms with Crippen LogP contribution in [0.1, 0.15) is 75.3 Å². The van der Waals surface area contributed by atoms with Crippen molar-refractivity contribution < 1.29 is 9.90 Å². The molecular formula is C20H27NO2. The number of benzene rings is 1. The van der Waals surface area contributed by atoms with Crippen LogP contribution in [0.5, 0.6) is 0 Å². The summed E-state index contributed by atoms with van der Waals surface area (Å²) in [6.45, 7) is 2.21. The fourth-order valence-electron chi connectivity index (χ4n) is 3.20. The Bertz CT molecular complexity index is 582. The van der Waals surface area contributed by atoms with Crippen molar-refractivity contribution in [3.05, 3.63) is 35.4 Å². The number of nitrogens with two attached hydrogens (primary N) is 1. The highest BCUT2D eigenvalue weighted by molar-refractivity contribution is 5.79. The molecule has 2 rings (SSSR count). The second-order valence-corrected chi connectivity index (χ2v) is 6.64. The molecule has 1 unspecified atom stereocenters. The van der Waals surface area contributed by atoms with Crippen LogP contribution in [0, 0.1) is 11.8 Å². The molecule has 2 atom stereocenters. The van der Waals surface area contributed by atoms with Crippen LogP contribution in [0.3, 0.4) is 0 Å². The minimum absolute atomic E-state index is 0.243. The fourth-order valence-corrected chi connectivity index (χ4v) is 3.20. The fraction of sp³-hybridized carbons (Fsp3) is 0.550. The molecule has 0 amide bonds. The Kier molecular flexibility index (Phi) is 6.24. The first-order chi connectivity index (χ1) is 11.0. The second kappa shape index (κ2) is 8.17. The maximum Gasteiger partial charge on any atom is 0.323 e. The maximum absolute atomic E-state index is 11.2. The topological polar surface area (TPSA) is 63.3 Å². The van der Waals surface area contributed by atoms with E-state index >= 15 is 0 Å². The van der Waals surface area contributed by atoms with Crippen LogP contribution >= 0.6 is 0 Å². The highest BCUT2D eigenvalue weighted by Gasteiger charge is 2.42. The molecule has 124 valence electrons. The van der Waals surface area contributed by atoms with Gasteiger partial charge in [-0.15, -0.1) is 0 Å². The number of aliphatic carboxylic acids is 1. The SMILES string of the molecule is CCCCCCC#Cc1ccc([C@H]2CCC(N)(C(=O)O)C2)cc1. The third kappa shape index (κ3) is 4.84. The van der Waals surface area contributed by atoms with Gasteiger partial charge in [-0.2, -0.15) is 0 Å². The van der Waals surface area contributed by atoms with Crippen molar-refractivity contribution >= 4 is 5.97 Å². The van der Waals surface area contributed by atoms with Gasteiger partial charge in [0.15, 0.2) is 0 Å². The highest BCUT2D eigenvalue weighted by Crippen LogP contribution is 2.39. The van der Waals surface area contributed by atoms with E-state index in [4.69, 9.17) is 5.73 Å². The number of carbonyl (C=O) groups is 1. The molecule has 1 aromatic carbocycles. The van der Waals surface area contributed by atoms with Crippen LogP contribution in [0.2, 0.25) is 0 Å². The quantitative estimate of drug-likeness (QED) is 0.615. The second-order valence-electron chi connectivity index (χ2n) is 6.64. The lowest BCUT2D eigenvalue weighted by Gasteiger charge is -2.18. The van der Waals surface area contributed by atoms with E-state index in [1.807, 2.05) is 12.1 Å². The zero-order valence-electron chi connectivity index (χ0n) is 14.0. The van der Waals surface area contributed by atoms with E-state index < -0.39 is 11.5 Å². The molecule has 0 aromatic heterocycles. The molecule has 0 aliphatic heterocycles. The van der Waals surface area contributed by atoms with Gasteiger partial charge in [0.05, 0.1) is 0 Å². The van der Waals surface area contributed by atoms with Gasteiger partial charge in [-0.3, -0.25) is 4.79 Å². The van der Waals surface area contributed by atoms with E-state index in [9.17, 15) is 9.90 Å². The molecule has 0 bridgehead atoms. The predicted octanol–water partition coefficient (Wildman–Crippen LogP) is 4.06. The van der Waals surface area contributed by atoms with E-state index in [-0.39, 0.29) is 5.92 Å². The molecule has 1 fully saturated rings. The Morgan fingerprint density at radius 3 is 2.65 bits per heavy atom. The van der Waals surface area contributed by atoms with Gasteiger partial charge >= 0.3 is 5.97 Å². The van der Waals surface area contributed by atoms with Gasteiger partial charge in [-0.1, -0.05) is 50.2 Å². The molecule has 3 N–H and O–H groups in total. The predicted molar refractivity (Wildman–Crippen MR) is 93.2 cm³/mol. The smallest absolute Gasteiger partial charge is 0.323 e. The summed E-state index contributed by atoms with van der Waals surface area (Å²) in [5, 5.41) is 9.21. The van der Waals surface area contributed by atoms with Crippen molar-refractivity contribution in [2.24, 2.45) is 5.73 Å². The molecular weight excluding hydrogens is 286 g/mol. The number of hydrogen-bond donors (Lipinski definition) is 2. The molecule has 3 heteroatoms. The van der Waals surface area contributed by atoms with E-state index in [0.717, 1.165) is 18.4 Å². The van der Waals surface area contributed by atoms with Crippen molar-refractivity contribution in [2.75, 3.05) is 0 Å². The summed E-state index contributed by atoms with van der Waals surface area (Å²) in [6.07, 6.45) is 7.84. The number of carboxylic acids is 1. The third-order valence-corrected chi connectivity index (χ3v) is 4.75. The molecule has 1 aliphatic rings. The zero-order chi connectivity index (χ0) is 16.7. The van der Waals surface area contributed by atoms with Gasteiger partial charge in [0.2, 0.25) is 0 Å². The normalized spacial score (nSPS) is 23.3. The number of rotatable bonds is 6. The minimum atomic E-state index is -1.05. The lowest BCUT2D eigenvalue weighted by atomic mass is 9.93. The molecule has 3 nitrogen and oxygen atoms in total. The summed E-state index contributed by atoms with van der Waals surface area (Å²) in [5.74, 6) is 5.79. The van der Waals surface area contributed by atoms with Gasteiger partial charge in [0, 0.05) is 12.0 Å². The van der Waals surface area contributed by atoms with E-state index in [0.29, 0.717) is 12.8 Å². The average Bonchev–Trinajstić information content (AvgIpc) is 2.95. The van der Waals surface area contributed by atoms with Crippen LogP contribution < -0.4 is 5.73 Å². The average molecular weight is 313 g/mol. The van der Waals surface area contributed by atoms with Gasteiger partial charge in [0.1, 0.15) is 5.54 Å². The Morgan fingerprint density at radius 2 is 2.04 bits per heavy atom. The Balaban J connectivity index is 1.88. The van der Waals surface area contributed by atoms with Crippen molar-refractivity contribution in [2.45, 2.75) is 69.7 Å². The van der Waals surface area contributed by atoms with Crippen molar-refractivity contribution in [3.8, 4) is 11.8 Å². The Morgan fingerprint density at radius 1 is 1.30 bits per heavy atom. The zero-order valence-corrected chi connectivity index (χ0v) is 14.0. The molecule has 0 spiro atoms. The van der Waals surface area contributed by atoms with Crippen molar-refractivity contribution in [3.63, 3.8) is 0 Å². The largest absolute Gasteiger partial charge is 0.480 e. The summed E-state index contributed by atoms with van der Waals surface area (Å²) in [5.41, 5.74) is 7.10. The summed E-state index contributed by atoms with van der Waals surface area (Å²) >= 11 is 0. The van der Waals surface area contributed by atoms with Crippen LogP contribution in [-0.2, 0) is 4.79 Å². The van der Waals surface area contributed by atoms with E-state index in [1.54, 1.807) is 0 Å². The molecule has 23 heavy (non-hydrogen) atoms. The van der Waals surface area contributed by atoms with Crippen LogP contribution in [0.15, 0.2) is 24.3 Å². The molecule has 0 heterocycles. The first-order valence-electron chi connectivity index (χ1n) is 8.66. The molecule has 0 saturated heterocycles.